The molecule has 26 nitrogen and oxygen atoms in total. The minimum absolute atomic E-state index is 0.0253. The van der Waals surface area contributed by atoms with E-state index in [2.05, 4.69) is 20.4 Å². The van der Waals surface area contributed by atoms with Crippen molar-refractivity contribution in [2.45, 2.75) is 41.5 Å². The zero-order valence-electron chi connectivity index (χ0n) is 54.4. The molecule has 0 bridgehead atoms. The molecule has 2 aliphatic heterocycles. The normalized spacial score (nSPS) is 14.5. The van der Waals surface area contributed by atoms with E-state index >= 15 is 0 Å². The molecule has 2 heterocycles. The average molecular weight is 1400 g/mol. The number of piperazine rings is 2. The third-order valence-electron chi connectivity index (χ3n) is 16.3. The third kappa shape index (κ3) is 21.5. The van der Waals surface area contributed by atoms with Crippen molar-refractivity contribution in [2.24, 2.45) is 0 Å². The quantitative estimate of drug-likeness (QED) is 0.0230. The first kappa shape index (κ1) is 73.8. The summed E-state index contributed by atoms with van der Waals surface area (Å²) in [5, 5.41) is 25.5. The van der Waals surface area contributed by atoms with Crippen LogP contribution < -0.4 is 10.6 Å². The number of carbonyl (C=O) groups excluding carboxylic acids is 4. The van der Waals surface area contributed by atoms with E-state index in [-0.39, 0.29) is 87.4 Å². The van der Waals surface area contributed by atoms with Crippen LogP contribution in [0, 0.1) is 0 Å². The number of aliphatic carboxylic acids is 2. The number of amides is 4. The molecule has 2 atom stereocenters. The Morgan fingerprint density at radius 3 is 1.20 bits per heavy atom. The Hall–Kier alpha value is -9.46. The molecule has 0 unspecified atom stereocenters. The Morgan fingerprint density at radius 1 is 0.424 bits per heavy atom. The highest BCUT2D eigenvalue weighted by Crippen LogP contribution is 2.28. The number of rotatable bonds is 35. The highest BCUT2D eigenvalue weighted by atomic mass is 32.2. The zero-order valence-corrected chi connectivity index (χ0v) is 56.0. The fourth-order valence-corrected chi connectivity index (χ4v) is 13.7. The summed E-state index contributed by atoms with van der Waals surface area (Å²) >= 11 is 0. The van der Waals surface area contributed by atoms with E-state index in [1.54, 1.807) is 113 Å². The number of nitrogens with one attached hydrogen (secondary N) is 2. The lowest BCUT2D eigenvalue weighted by atomic mass is 10.1. The van der Waals surface area contributed by atoms with Gasteiger partial charge in [-0.25, -0.2) is 26.4 Å². The summed E-state index contributed by atoms with van der Waals surface area (Å²) in [6.45, 7) is 3.00. The Balaban J connectivity index is 0.693. The van der Waals surface area contributed by atoms with Crippen LogP contribution >= 0.6 is 0 Å². The number of sulfonamides is 2. The van der Waals surface area contributed by atoms with Gasteiger partial charge in [0, 0.05) is 83.1 Å². The number of carbonyl (C=O) groups is 6. The summed E-state index contributed by atoms with van der Waals surface area (Å²) in [7, 11) is -9.24. The molecule has 524 valence electrons. The first-order valence-corrected chi connectivity index (χ1v) is 35.1. The van der Waals surface area contributed by atoms with Crippen molar-refractivity contribution in [1.29, 1.82) is 0 Å². The lowest BCUT2D eigenvalue weighted by molar-refractivity contribution is -0.166. The molecule has 2 aliphatic rings. The summed E-state index contributed by atoms with van der Waals surface area (Å²) in [4.78, 5) is 96.9. The lowest BCUT2D eigenvalue weighted by Crippen LogP contribution is -2.51. The van der Waals surface area contributed by atoms with Crippen LogP contribution in [0.25, 0.3) is 22.3 Å². The van der Waals surface area contributed by atoms with E-state index in [9.17, 15) is 55.8 Å². The van der Waals surface area contributed by atoms with Crippen molar-refractivity contribution in [3.8, 4) is 22.3 Å². The molecule has 4 amide bonds. The topological polar surface area (TPSA) is 310 Å². The van der Waals surface area contributed by atoms with Gasteiger partial charge in [0.1, 0.15) is 13.2 Å². The van der Waals surface area contributed by atoms with E-state index in [0.29, 0.717) is 91.1 Å². The molecule has 7 aromatic rings. The van der Waals surface area contributed by atoms with Gasteiger partial charge < -0.3 is 49.6 Å². The maximum Gasteiger partial charge on any atom is 0.407 e. The molecule has 9 rings (SSSR count). The van der Waals surface area contributed by atoms with Gasteiger partial charge in [-0.15, -0.1) is 0 Å². The number of ether oxygens (including phenoxy) is 4. The molecular weight excluding hydrogens is 1320 g/mol. The first-order chi connectivity index (χ1) is 47.9. The second-order valence-corrected chi connectivity index (χ2v) is 26.5. The van der Waals surface area contributed by atoms with Crippen molar-refractivity contribution in [3.63, 3.8) is 0 Å². The van der Waals surface area contributed by atoms with E-state index in [1.165, 1.54) is 24.3 Å². The number of benzene rings is 7. The third-order valence-corrected chi connectivity index (χ3v) is 19.7. The zero-order chi connectivity index (χ0) is 70.0. The maximum atomic E-state index is 14.2. The number of hydroxylamine groups is 2. The Kier molecular flexibility index (Phi) is 27.5. The standard InChI is InChI=1S/C71H80N8O18S2/c80-66(76-38-34-74(35-39-76)42-44-92-46-48-96-78(98(88,89)62-28-24-58(25-29-62)56-18-9-3-10-19-56)64(68(82)83)32-33-72-70(86)94-52-54-14-5-1-6-15-54)60-22-13-23-61(50-60)67(81)77-40-36-75(37-41-77)43-45-93-47-49-97-79(65(69(84)85)51-73-71(87)95-53-55-16-7-2-8-17-55)99(90,91)63-30-26-59(27-31-63)57-20-11-4-12-21-57/h1-31,50,64-65H,32-49,51-53H2,(H,72,86)(H,73,87)(H,82,83)(H,84,85)/t64-,65-/m1/s1. The van der Waals surface area contributed by atoms with Crippen LogP contribution in [0.2, 0.25) is 0 Å². The van der Waals surface area contributed by atoms with Crippen molar-refractivity contribution >= 4 is 56.0 Å². The van der Waals surface area contributed by atoms with Crippen molar-refractivity contribution < 1.29 is 84.4 Å². The van der Waals surface area contributed by atoms with Crippen LogP contribution in [0.15, 0.2) is 204 Å². The largest absolute Gasteiger partial charge is 0.480 e. The van der Waals surface area contributed by atoms with E-state index in [4.69, 9.17) is 28.6 Å². The molecule has 28 heteroatoms. The van der Waals surface area contributed by atoms with Gasteiger partial charge in [-0.05, 0) is 82.3 Å². The summed E-state index contributed by atoms with van der Waals surface area (Å²) in [5.41, 5.74) is 5.32. The fraction of sp³-hybridized carbons (Fsp3) is 0.324. The lowest BCUT2D eigenvalue weighted by Gasteiger charge is -2.35. The second kappa shape index (κ2) is 36.9. The predicted octanol–water partition coefficient (Wildman–Crippen LogP) is 6.96. The molecule has 2 fully saturated rings. The molecule has 0 spiro atoms. The van der Waals surface area contributed by atoms with Gasteiger partial charge in [-0.1, -0.05) is 161 Å². The average Bonchev–Trinajstić information content (AvgIpc) is 0.800. The predicted molar refractivity (Wildman–Crippen MR) is 363 cm³/mol. The van der Waals surface area contributed by atoms with Crippen LogP contribution in [-0.4, -0.2) is 222 Å². The van der Waals surface area contributed by atoms with Crippen LogP contribution in [0.3, 0.4) is 0 Å². The van der Waals surface area contributed by atoms with Crippen LogP contribution in [0.4, 0.5) is 9.59 Å². The van der Waals surface area contributed by atoms with Gasteiger partial charge in [0.15, 0.2) is 12.1 Å². The highest BCUT2D eigenvalue weighted by molar-refractivity contribution is 7.89. The number of alkyl carbamates (subject to hydrolysis) is 2. The van der Waals surface area contributed by atoms with Gasteiger partial charge in [-0.3, -0.25) is 38.7 Å². The van der Waals surface area contributed by atoms with Gasteiger partial charge >= 0.3 is 24.1 Å². The summed E-state index contributed by atoms with van der Waals surface area (Å²) < 4.78 is 79.6. The summed E-state index contributed by atoms with van der Waals surface area (Å²) in [6, 6.07) is 51.2. The Morgan fingerprint density at radius 2 is 0.798 bits per heavy atom. The number of nitrogens with zero attached hydrogens (tertiary/aromatic N) is 6. The molecule has 0 aliphatic carbocycles. The van der Waals surface area contributed by atoms with Gasteiger partial charge in [0.25, 0.3) is 31.9 Å². The molecule has 0 saturated carbocycles. The van der Waals surface area contributed by atoms with Crippen LogP contribution in [-0.2, 0) is 71.5 Å². The van der Waals surface area contributed by atoms with Crippen LogP contribution in [0.1, 0.15) is 38.3 Å². The van der Waals surface area contributed by atoms with Gasteiger partial charge in [0.2, 0.25) is 0 Å². The highest BCUT2D eigenvalue weighted by Gasteiger charge is 2.40. The molecular formula is C71H80N8O18S2. The molecule has 2 saturated heterocycles. The molecule has 99 heavy (non-hydrogen) atoms. The summed E-state index contributed by atoms with van der Waals surface area (Å²) in [5.74, 6) is -3.55. The number of hydrogen-bond acceptors (Lipinski definition) is 18. The number of carboxylic acid groups (broad SMARTS) is 2. The number of hydrogen-bond donors (Lipinski definition) is 4. The van der Waals surface area contributed by atoms with E-state index < -0.39 is 62.8 Å². The molecule has 7 aromatic carbocycles. The summed E-state index contributed by atoms with van der Waals surface area (Å²) in [6.07, 6.45) is -2.14. The van der Waals surface area contributed by atoms with E-state index in [0.717, 1.165) is 27.8 Å². The molecule has 0 aromatic heterocycles. The van der Waals surface area contributed by atoms with Crippen molar-refractivity contribution in [3.05, 3.63) is 216 Å². The second-order valence-electron chi connectivity index (χ2n) is 23.0. The first-order valence-electron chi connectivity index (χ1n) is 32.2. The fourth-order valence-electron chi connectivity index (χ4n) is 10.8. The van der Waals surface area contributed by atoms with Crippen LogP contribution in [0.5, 0.6) is 0 Å². The SMILES string of the molecule is O=C(NCC[C@H](C(=O)O)N(OCCOCCN1CCN(C(=O)c2cccc(C(=O)N3CCN(CCOCCON([C@H](CNC(=O)OCc4ccccc4)C(=O)O)S(=O)(=O)c4ccc(-c5ccccc5)cc4)CC3)c2)CC1)S(=O)(=O)c1ccc(-c2ccccc2)cc1)OCc1ccccc1. The van der Waals surface area contributed by atoms with Gasteiger partial charge in [-0.2, -0.15) is 0 Å². The Labute approximate surface area is 575 Å². The molecule has 4 N–H and O–H groups in total. The number of carboxylic acids is 2. The molecule has 0 radical (unpaired) electrons. The van der Waals surface area contributed by atoms with Gasteiger partial charge in [0.05, 0.1) is 56.0 Å². The smallest absolute Gasteiger partial charge is 0.407 e. The van der Waals surface area contributed by atoms with Crippen molar-refractivity contribution in [2.75, 3.05) is 118 Å². The Bertz CT molecular complexity index is 3990. The monoisotopic (exact) mass is 1400 g/mol. The minimum atomic E-state index is -4.65. The van der Waals surface area contributed by atoms with E-state index in [1.807, 2.05) is 66.7 Å². The maximum absolute atomic E-state index is 14.2. The van der Waals surface area contributed by atoms with Crippen molar-refractivity contribution in [1.82, 2.24) is 39.2 Å². The minimum Gasteiger partial charge on any atom is -0.480 e.